The zero-order chi connectivity index (χ0) is 18.4. The molecule has 0 aliphatic carbocycles. The van der Waals surface area contributed by atoms with Gasteiger partial charge < -0.3 is 15.4 Å². The van der Waals surface area contributed by atoms with E-state index in [1.165, 1.54) is 24.5 Å². The SMILES string of the molecule is COCCNc1cncc(C(=O)Nc2ccc(Cl)cc2C(F)(F)F)c1. The summed E-state index contributed by atoms with van der Waals surface area (Å²) in [5.41, 5.74) is -0.724. The molecule has 0 saturated heterocycles. The molecule has 0 spiro atoms. The van der Waals surface area contributed by atoms with Gasteiger partial charge in [0.15, 0.2) is 0 Å². The number of pyridine rings is 1. The minimum Gasteiger partial charge on any atom is -0.383 e. The van der Waals surface area contributed by atoms with E-state index in [0.29, 0.717) is 18.8 Å². The number of benzene rings is 1. The lowest BCUT2D eigenvalue weighted by molar-refractivity contribution is -0.136. The Morgan fingerprint density at radius 3 is 2.72 bits per heavy atom. The van der Waals surface area contributed by atoms with Crippen LogP contribution in [-0.4, -0.2) is 31.2 Å². The van der Waals surface area contributed by atoms with Crippen molar-refractivity contribution >= 4 is 28.9 Å². The van der Waals surface area contributed by atoms with Crippen molar-refractivity contribution in [3.8, 4) is 0 Å². The van der Waals surface area contributed by atoms with Crippen LogP contribution in [0.15, 0.2) is 36.7 Å². The maximum Gasteiger partial charge on any atom is 0.418 e. The van der Waals surface area contributed by atoms with E-state index >= 15 is 0 Å². The molecule has 25 heavy (non-hydrogen) atoms. The van der Waals surface area contributed by atoms with Gasteiger partial charge in [0.1, 0.15) is 0 Å². The number of nitrogens with one attached hydrogen (secondary N) is 2. The standard InChI is InChI=1S/C16H15ClF3N3O2/c1-25-5-4-22-12-6-10(8-21-9-12)15(24)23-14-3-2-11(17)7-13(14)16(18,19)20/h2-3,6-9,22H,4-5H2,1H3,(H,23,24). The topological polar surface area (TPSA) is 63.2 Å². The third-order valence-corrected chi connectivity index (χ3v) is 3.41. The van der Waals surface area contributed by atoms with E-state index in [1.807, 2.05) is 0 Å². The second-order valence-corrected chi connectivity index (χ2v) is 5.46. The van der Waals surface area contributed by atoms with Crippen LogP contribution < -0.4 is 10.6 Å². The van der Waals surface area contributed by atoms with E-state index in [2.05, 4.69) is 15.6 Å². The molecule has 0 aliphatic rings. The van der Waals surface area contributed by atoms with Crippen LogP contribution in [0, 0.1) is 0 Å². The van der Waals surface area contributed by atoms with Crippen LogP contribution in [0.5, 0.6) is 0 Å². The van der Waals surface area contributed by atoms with Crippen LogP contribution in [0.3, 0.4) is 0 Å². The first-order valence-corrected chi connectivity index (χ1v) is 7.55. The molecule has 0 atom stereocenters. The zero-order valence-electron chi connectivity index (χ0n) is 13.2. The largest absolute Gasteiger partial charge is 0.418 e. The number of halogens is 4. The lowest BCUT2D eigenvalue weighted by Gasteiger charge is -2.14. The Morgan fingerprint density at radius 1 is 1.28 bits per heavy atom. The molecule has 2 N–H and O–H groups in total. The molecule has 2 aromatic rings. The van der Waals surface area contributed by atoms with E-state index in [-0.39, 0.29) is 16.3 Å². The smallest absolute Gasteiger partial charge is 0.383 e. The number of nitrogens with zero attached hydrogens (tertiary/aromatic N) is 1. The van der Waals surface area contributed by atoms with Gasteiger partial charge in [-0.1, -0.05) is 11.6 Å². The van der Waals surface area contributed by atoms with Gasteiger partial charge in [-0.25, -0.2) is 0 Å². The fraction of sp³-hybridized carbons (Fsp3) is 0.250. The average molecular weight is 374 g/mol. The van der Waals surface area contributed by atoms with E-state index in [4.69, 9.17) is 16.3 Å². The summed E-state index contributed by atoms with van der Waals surface area (Å²) in [4.78, 5) is 16.2. The van der Waals surface area contributed by atoms with Gasteiger partial charge in [-0.15, -0.1) is 0 Å². The van der Waals surface area contributed by atoms with Crippen LogP contribution in [0.4, 0.5) is 24.5 Å². The summed E-state index contributed by atoms with van der Waals surface area (Å²) in [6.45, 7) is 0.953. The van der Waals surface area contributed by atoms with Crippen LogP contribution >= 0.6 is 11.6 Å². The minimum atomic E-state index is -4.64. The van der Waals surface area contributed by atoms with Crippen LogP contribution in [0.1, 0.15) is 15.9 Å². The first-order valence-electron chi connectivity index (χ1n) is 7.17. The Balaban J connectivity index is 2.19. The molecular weight excluding hydrogens is 359 g/mol. The van der Waals surface area contributed by atoms with Crippen molar-refractivity contribution in [1.82, 2.24) is 4.98 Å². The first-order chi connectivity index (χ1) is 11.8. The number of aromatic nitrogens is 1. The predicted octanol–water partition coefficient (Wildman–Crippen LogP) is 4.06. The van der Waals surface area contributed by atoms with Crippen LogP contribution in [0.2, 0.25) is 5.02 Å². The highest BCUT2D eigenvalue weighted by molar-refractivity contribution is 6.30. The summed E-state index contributed by atoms with van der Waals surface area (Å²) in [5.74, 6) is -0.712. The number of ether oxygens (including phenoxy) is 1. The average Bonchev–Trinajstić information content (AvgIpc) is 2.56. The number of amides is 1. The summed E-state index contributed by atoms with van der Waals surface area (Å²) in [6, 6.07) is 4.63. The second-order valence-electron chi connectivity index (χ2n) is 5.02. The Kier molecular flexibility index (Phi) is 6.22. The molecule has 0 aliphatic heterocycles. The molecule has 1 amide bonds. The first kappa shape index (κ1) is 19.0. The third-order valence-electron chi connectivity index (χ3n) is 3.17. The molecule has 1 aromatic heterocycles. The fourth-order valence-corrected chi connectivity index (χ4v) is 2.18. The summed E-state index contributed by atoms with van der Waals surface area (Å²) in [7, 11) is 1.55. The summed E-state index contributed by atoms with van der Waals surface area (Å²) in [5, 5.41) is 5.16. The maximum absolute atomic E-state index is 13.1. The van der Waals surface area contributed by atoms with Gasteiger partial charge in [0.05, 0.1) is 29.1 Å². The molecule has 0 radical (unpaired) electrons. The number of anilines is 2. The maximum atomic E-state index is 13.1. The lowest BCUT2D eigenvalue weighted by Crippen LogP contribution is -2.17. The molecule has 9 heteroatoms. The molecular formula is C16H15ClF3N3O2. The molecule has 0 unspecified atom stereocenters. The monoisotopic (exact) mass is 373 g/mol. The molecule has 0 saturated carbocycles. The number of methoxy groups -OCH3 is 1. The number of alkyl halides is 3. The Morgan fingerprint density at radius 2 is 2.04 bits per heavy atom. The van der Waals surface area contributed by atoms with E-state index in [0.717, 1.165) is 12.1 Å². The van der Waals surface area contributed by atoms with E-state index < -0.39 is 17.6 Å². The molecule has 2 rings (SSSR count). The number of carbonyl (C=O) groups is 1. The third kappa shape index (κ3) is 5.33. The number of carbonyl (C=O) groups excluding carboxylic acids is 1. The quantitative estimate of drug-likeness (QED) is 0.749. The molecule has 134 valence electrons. The summed E-state index contributed by atoms with van der Waals surface area (Å²) in [6.07, 6.45) is -1.88. The van der Waals surface area contributed by atoms with Crippen molar-refractivity contribution in [3.63, 3.8) is 0 Å². The van der Waals surface area contributed by atoms with Crippen molar-refractivity contribution in [1.29, 1.82) is 0 Å². The molecule has 1 aromatic carbocycles. The van der Waals surface area contributed by atoms with Crippen LogP contribution in [0.25, 0.3) is 0 Å². The van der Waals surface area contributed by atoms with Gasteiger partial charge in [-0.05, 0) is 24.3 Å². The molecule has 0 bridgehead atoms. The van der Waals surface area contributed by atoms with Crippen molar-refractivity contribution < 1.29 is 22.7 Å². The van der Waals surface area contributed by atoms with Crippen molar-refractivity contribution in [3.05, 3.63) is 52.8 Å². The summed E-state index contributed by atoms with van der Waals surface area (Å²) >= 11 is 5.62. The van der Waals surface area contributed by atoms with Crippen molar-refractivity contribution in [2.24, 2.45) is 0 Å². The molecule has 0 fully saturated rings. The highest BCUT2D eigenvalue weighted by Crippen LogP contribution is 2.36. The second kappa shape index (κ2) is 8.17. The van der Waals surface area contributed by atoms with Gasteiger partial charge in [0.2, 0.25) is 0 Å². The van der Waals surface area contributed by atoms with E-state index in [9.17, 15) is 18.0 Å². The van der Waals surface area contributed by atoms with Crippen LogP contribution in [-0.2, 0) is 10.9 Å². The van der Waals surface area contributed by atoms with Crippen molar-refractivity contribution in [2.75, 3.05) is 30.9 Å². The predicted molar refractivity (Wildman–Crippen MR) is 89.0 cm³/mol. The number of hydrogen-bond donors (Lipinski definition) is 2. The van der Waals surface area contributed by atoms with Gasteiger partial charge in [-0.3, -0.25) is 9.78 Å². The van der Waals surface area contributed by atoms with E-state index in [1.54, 1.807) is 7.11 Å². The highest BCUT2D eigenvalue weighted by Gasteiger charge is 2.34. The van der Waals surface area contributed by atoms with Gasteiger partial charge in [0, 0.05) is 31.1 Å². The van der Waals surface area contributed by atoms with Gasteiger partial charge in [-0.2, -0.15) is 13.2 Å². The highest BCUT2D eigenvalue weighted by atomic mass is 35.5. The minimum absolute atomic E-state index is 0.0728. The fourth-order valence-electron chi connectivity index (χ4n) is 2.01. The normalized spacial score (nSPS) is 11.2. The Bertz CT molecular complexity index is 754. The number of rotatable bonds is 6. The molecule has 1 heterocycles. The Hall–Kier alpha value is -2.32. The lowest BCUT2D eigenvalue weighted by atomic mass is 10.1. The number of hydrogen-bond acceptors (Lipinski definition) is 4. The van der Waals surface area contributed by atoms with Gasteiger partial charge >= 0.3 is 6.18 Å². The molecule has 5 nitrogen and oxygen atoms in total. The Labute approximate surface area is 147 Å². The van der Waals surface area contributed by atoms with Crippen molar-refractivity contribution in [2.45, 2.75) is 6.18 Å². The van der Waals surface area contributed by atoms with Gasteiger partial charge in [0.25, 0.3) is 5.91 Å². The zero-order valence-corrected chi connectivity index (χ0v) is 13.9. The summed E-state index contributed by atoms with van der Waals surface area (Å²) < 4.78 is 44.1.